The summed E-state index contributed by atoms with van der Waals surface area (Å²) < 4.78 is 0. The topological polar surface area (TPSA) is 0 Å². The highest BCUT2D eigenvalue weighted by atomic mass is 79.9. The third kappa shape index (κ3) is 2.72. The van der Waals surface area contributed by atoms with Crippen LogP contribution in [-0.2, 0) is 10.1 Å². The van der Waals surface area contributed by atoms with Gasteiger partial charge < -0.3 is 0 Å². The van der Waals surface area contributed by atoms with Gasteiger partial charge in [-0.05, 0) is 27.2 Å². The summed E-state index contributed by atoms with van der Waals surface area (Å²) in [5.41, 5.74) is 2.87. The Balaban J connectivity index is 2.57. The van der Waals surface area contributed by atoms with Crippen LogP contribution in [0.25, 0.3) is 0 Å². The highest BCUT2D eigenvalue weighted by Gasteiger charge is 2.55. The first-order valence-corrected chi connectivity index (χ1v) is 12.5. The molecule has 2 aromatic rings. The van der Waals surface area contributed by atoms with Crippen LogP contribution in [0.1, 0.15) is 45.7 Å². The minimum Gasteiger partial charge on any atom is -0.124 e. The molecule has 118 valence electrons. The van der Waals surface area contributed by atoms with E-state index >= 15 is 0 Å². The highest BCUT2D eigenvalue weighted by molar-refractivity contribution is 9.26. The van der Waals surface area contributed by atoms with Gasteiger partial charge in [0.05, 0.1) is 0 Å². The monoisotopic (exact) mass is 374 g/mol. The molecule has 0 aromatic heterocycles. The van der Waals surface area contributed by atoms with Gasteiger partial charge in [-0.15, -0.1) is 15.3 Å². The van der Waals surface area contributed by atoms with Crippen molar-refractivity contribution in [2.24, 2.45) is 0 Å². The van der Waals surface area contributed by atoms with Crippen LogP contribution in [0.15, 0.2) is 60.7 Å². The van der Waals surface area contributed by atoms with E-state index in [9.17, 15) is 0 Å². The first-order chi connectivity index (χ1) is 10.3. The van der Waals surface area contributed by atoms with Gasteiger partial charge in [0.2, 0.25) is 0 Å². The molecule has 0 radical (unpaired) electrons. The predicted molar refractivity (Wildman–Crippen MR) is 104 cm³/mol. The first-order valence-electron chi connectivity index (χ1n) is 8.07. The maximum Gasteiger partial charge on any atom is 0.149 e. The van der Waals surface area contributed by atoms with E-state index < -0.39 is 6.69 Å². The third-order valence-corrected chi connectivity index (χ3v) is 18.6. The van der Waals surface area contributed by atoms with Gasteiger partial charge in [0, 0.05) is 0 Å². The quantitative estimate of drug-likeness (QED) is 0.420. The lowest BCUT2D eigenvalue weighted by atomic mass is 10.0. The molecular formula is C20H27BrSi. The number of halogens is 1. The summed E-state index contributed by atoms with van der Waals surface area (Å²) in [6, 6.07) is 23.1. The molecule has 0 saturated heterocycles. The van der Waals surface area contributed by atoms with E-state index in [4.69, 9.17) is 0 Å². The highest BCUT2D eigenvalue weighted by Crippen LogP contribution is 2.51. The Morgan fingerprint density at radius 3 is 1.32 bits per heavy atom. The SMILES string of the molecule is CC[Si](Br)(C(C)(C)c1ccccc1)C(C)(C)c1ccccc1. The molecule has 0 saturated carbocycles. The van der Waals surface area contributed by atoms with Gasteiger partial charge >= 0.3 is 0 Å². The molecule has 2 heteroatoms. The van der Waals surface area contributed by atoms with Gasteiger partial charge in [-0.3, -0.25) is 0 Å². The second-order valence-electron chi connectivity index (χ2n) is 7.14. The summed E-state index contributed by atoms with van der Waals surface area (Å²) in [7, 11) is 0. The van der Waals surface area contributed by atoms with Crippen molar-refractivity contribution >= 4 is 22.0 Å². The molecule has 0 atom stereocenters. The lowest BCUT2D eigenvalue weighted by Gasteiger charge is -2.51. The van der Waals surface area contributed by atoms with Crippen LogP contribution in [0, 0.1) is 0 Å². The Hall–Kier alpha value is -0.863. The average molecular weight is 375 g/mol. The van der Waals surface area contributed by atoms with E-state index in [0.717, 1.165) is 0 Å². The summed E-state index contributed by atoms with van der Waals surface area (Å²) in [6.07, 6.45) is 0. The Kier molecular flexibility index (Phi) is 5.03. The van der Waals surface area contributed by atoms with E-state index in [0.29, 0.717) is 0 Å². The zero-order valence-electron chi connectivity index (χ0n) is 14.4. The normalized spacial score (nSPS) is 13.2. The molecule has 0 aliphatic heterocycles. The molecule has 0 aliphatic carbocycles. The van der Waals surface area contributed by atoms with Gasteiger partial charge in [-0.2, -0.15) is 0 Å². The van der Waals surface area contributed by atoms with Crippen molar-refractivity contribution in [1.29, 1.82) is 0 Å². The van der Waals surface area contributed by atoms with Crippen LogP contribution in [-0.4, -0.2) is 6.69 Å². The van der Waals surface area contributed by atoms with Crippen LogP contribution in [0.4, 0.5) is 0 Å². The molecule has 0 nitrogen and oxygen atoms in total. The molecule has 2 rings (SSSR count). The van der Waals surface area contributed by atoms with Crippen LogP contribution < -0.4 is 0 Å². The standard InChI is InChI=1S/C20H27BrSi/c1-6-22(21,19(2,3)17-13-9-7-10-14-17)20(4,5)18-15-11-8-12-16-18/h7-16H,6H2,1-5H3. The van der Waals surface area contributed by atoms with Crippen molar-refractivity contribution in [3.63, 3.8) is 0 Å². The minimum absolute atomic E-state index is 0.141. The van der Waals surface area contributed by atoms with Crippen molar-refractivity contribution in [1.82, 2.24) is 0 Å². The van der Waals surface area contributed by atoms with Crippen molar-refractivity contribution in [3.05, 3.63) is 71.8 Å². The molecular weight excluding hydrogens is 348 g/mol. The van der Waals surface area contributed by atoms with E-state index in [2.05, 4.69) is 111 Å². The van der Waals surface area contributed by atoms with E-state index in [1.807, 2.05) is 0 Å². The molecule has 0 unspecified atom stereocenters. The zero-order chi connectivity index (χ0) is 16.4. The van der Waals surface area contributed by atoms with Gasteiger partial charge in [-0.25, -0.2) is 0 Å². The van der Waals surface area contributed by atoms with Crippen molar-refractivity contribution < 1.29 is 0 Å². The van der Waals surface area contributed by atoms with Crippen LogP contribution in [0.3, 0.4) is 0 Å². The van der Waals surface area contributed by atoms with Gasteiger partial charge in [0.1, 0.15) is 6.69 Å². The lowest BCUT2D eigenvalue weighted by molar-refractivity contribution is 0.626. The Morgan fingerprint density at radius 1 is 0.727 bits per heavy atom. The second kappa shape index (κ2) is 6.33. The zero-order valence-corrected chi connectivity index (χ0v) is 16.9. The largest absolute Gasteiger partial charge is 0.149 e. The van der Waals surface area contributed by atoms with Crippen molar-refractivity contribution in [2.45, 2.75) is 50.7 Å². The number of hydrogen-bond donors (Lipinski definition) is 0. The Bertz CT molecular complexity index is 551. The second-order valence-corrected chi connectivity index (χ2v) is 16.0. The summed E-state index contributed by atoms with van der Waals surface area (Å²) in [6.45, 7) is 10.2. The molecule has 0 aliphatic rings. The van der Waals surface area contributed by atoms with E-state index in [-0.39, 0.29) is 10.1 Å². The van der Waals surface area contributed by atoms with Gasteiger partial charge in [0.25, 0.3) is 0 Å². The molecule has 0 spiro atoms. The molecule has 0 heterocycles. The van der Waals surface area contributed by atoms with Crippen LogP contribution in [0.2, 0.25) is 6.04 Å². The lowest BCUT2D eigenvalue weighted by Crippen LogP contribution is -2.60. The molecule has 0 fully saturated rings. The number of rotatable bonds is 5. The smallest absolute Gasteiger partial charge is 0.124 e. The summed E-state index contributed by atoms with van der Waals surface area (Å²) >= 11 is 4.34. The third-order valence-electron chi connectivity index (χ3n) is 5.46. The molecule has 0 amide bonds. The molecule has 22 heavy (non-hydrogen) atoms. The van der Waals surface area contributed by atoms with E-state index in [1.54, 1.807) is 0 Å². The summed E-state index contributed by atoms with van der Waals surface area (Å²) in [5, 5.41) is 0.282. The Morgan fingerprint density at radius 2 is 1.05 bits per heavy atom. The predicted octanol–water partition coefficient (Wildman–Crippen LogP) is 6.38. The fourth-order valence-corrected chi connectivity index (χ4v) is 9.78. The fraction of sp³-hybridized carbons (Fsp3) is 0.400. The van der Waals surface area contributed by atoms with Gasteiger partial charge in [0.15, 0.2) is 0 Å². The van der Waals surface area contributed by atoms with Crippen LogP contribution >= 0.6 is 15.3 Å². The summed E-state index contributed by atoms with van der Waals surface area (Å²) in [5.74, 6) is 0. The number of benzene rings is 2. The molecule has 2 aromatic carbocycles. The minimum atomic E-state index is -1.85. The maximum absolute atomic E-state index is 4.34. The summed E-state index contributed by atoms with van der Waals surface area (Å²) in [4.78, 5) is 0. The average Bonchev–Trinajstić information content (AvgIpc) is 2.55. The first kappa shape index (κ1) is 17.5. The maximum atomic E-state index is 4.34. The fourth-order valence-electron chi connectivity index (χ4n) is 3.83. The number of hydrogen-bond acceptors (Lipinski definition) is 0. The molecule has 0 bridgehead atoms. The van der Waals surface area contributed by atoms with Gasteiger partial charge in [-0.1, -0.05) is 95.3 Å². The Labute approximate surface area is 144 Å². The van der Waals surface area contributed by atoms with E-state index in [1.165, 1.54) is 17.2 Å². The van der Waals surface area contributed by atoms with Crippen LogP contribution in [0.5, 0.6) is 0 Å². The van der Waals surface area contributed by atoms with Crippen molar-refractivity contribution in [3.8, 4) is 0 Å². The molecule has 0 N–H and O–H groups in total. The van der Waals surface area contributed by atoms with Crippen molar-refractivity contribution in [2.75, 3.05) is 0 Å².